The van der Waals surface area contributed by atoms with Crippen LogP contribution < -0.4 is 11.3 Å². The largest absolute Gasteiger partial charge is 0.508 e. The first kappa shape index (κ1) is 18.7. The second-order valence-corrected chi connectivity index (χ2v) is 6.61. The summed E-state index contributed by atoms with van der Waals surface area (Å²) >= 11 is 0. The third-order valence-electron chi connectivity index (χ3n) is 4.50. The average molecular weight is 364 g/mol. The van der Waals surface area contributed by atoms with Gasteiger partial charge in [0.1, 0.15) is 16.9 Å². The van der Waals surface area contributed by atoms with Gasteiger partial charge in [0.15, 0.2) is 0 Å². The van der Waals surface area contributed by atoms with Crippen molar-refractivity contribution in [3.63, 3.8) is 0 Å². The zero-order valence-electron chi connectivity index (χ0n) is 15.4. The van der Waals surface area contributed by atoms with E-state index in [2.05, 4.69) is 11.9 Å². The van der Waals surface area contributed by atoms with Gasteiger partial charge in [0.05, 0.1) is 5.69 Å². The molecule has 3 aromatic rings. The quantitative estimate of drug-likeness (QED) is 0.601. The lowest BCUT2D eigenvalue weighted by atomic mass is 10.0. The van der Waals surface area contributed by atoms with Gasteiger partial charge < -0.3 is 15.3 Å². The van der Waals surface area contributed by atoms with Crippen LogP contribution in [-0.2, 0) is 6.42 Å². The zero-order valence-corrected chi connectivity index (χ0v) is 15.4. The first-order valence-electron chi connectivity index (χ1n) is 9.28. The van der Waals surface area contributed by atoms with E-state index in [4.69, 9.17) is 10.2 Å². The van der Waals surface area contributed by atoms with Crippen LogP contribution in [-0.4, -0.2) is 11.0 Å². The van der Waals surface area contributed by atoms with Gasteiger partial charge in [-0.15, -0.1) is 0 Å². The molecule has 0 bridgehead atoms. The zero-order chi connectivity index (χ0) is 19.2. The monoisotopic (exact) mass is 364 g/mol. The van der Waals surface area contributed by atoms with Crippen molar-refractivity contribution in [1.29, 1.82) is 0 Å². The molecule has 0 aliphatic rings. The van der Waals surface area contributed by atoms with Crippen LogP contribution in [0.5, 0.6) is 5.75 Å². The standard InChI is InChI=1S/C22H24N2O3/c1-2-3-4-6-9-15-12-16-13-18(21(23)26)22(27-20(16)14-19(15)25)24-17-10-7-5-8-11-17/h5,7-8,10-14,25H,2-4,6,9H2,1H3,(H2,23,26). The van der Waals surface area contributed by atoms with E-state index in [0.717, 1.165) is 36.6 Å². The third kappa shape index (κ3) is 4.56. The average Bonchev–Trinajstić information content (AvgIpc) is 2.66. The lowest BCUT2D eigenvalue weighted by Crippen LogP contribution is -2.21. The maximum atomic E-state index is 11.9. The summed E-state index contributed by atoms with van der Waals surface area (Å²) in [6.45, 7) is 2.17. The number of phenolic OH excluding ortho intramolecular Hbond substituents is 1. The summed E-state index contributed by atoms with van der Waals surface area (Å²) in [5.74, 6) is -0.409. The topological polar surface area (TPSA) is 88.8 Å². The Morgan fingerprint density at radius 1 is 1.11 bits per heavy atom. The van der Waals surface area contributed by atoms with Crippen molar-refractivity contribution in [1.82, 2.24) is 0 Å². The van der Waals surface area contributed by atoms with Crippen molar-refractivity contribution >= 4 is 22.6 Å². The molecule has 0 atom stereocenters. The van der Waals surface area contributed by atoms with Crippen molar-refractivity contribution in [3.05, 3.63) is 65.2 Å². The van der Waals surface area contributed by atoms with Gasteiger partial charge in [-0.2, -0.15) is 0 Å². The summed E-state index contributed by atoms with van der Waals surface area (Å²) in [7, 11) is 0. The Labute approximate surface area is 158 Å². The second-order valence-electron chi connectivity index (χ2n) is 6.61. The number of carbonyl (C=O) groups excluding carboxylic acids is 1. The van der Waals surface area contributed by atoms with Crippen LogP contribution in [0.25, 0.3) is 11.0 Å². The number of carbonyl (C=O) groups is 1. The lowest BCUT2D eigenvalue weighted by Gasteiger charge is -2.08. The number of unbranched alkanes of at least 4 members (excludes halogenated alkanes) is 3. The molecular formula is C22H24N2O3. The van der Waals surface area contributed by atoms with Crippen LogP contribution in [0, 0.1) is 0 Å². The van der Waals surface area contributed by atoms with Crippen molar-refractivity contribution in [3.8, 4) is 5.75 Å². The smallest absolute Gasteiger partial charge is 0.254 e. The molecule has 5 nitrogen and oxygen atoms in total. The predicted molar refractivity (Wildman–Crippen MR) is 106 cm³/mol. The number of hydrogen-bond acceptors (Lipinski definition) is 4. The van der Waals surface area contributed by atoms with Crippen molar-refractivity contribution in [2.45, 2.75) is 39.0 Å². The highest BCUT2D eigenvalue weighted by molar-refractivity contribution is 5.95. The summed E-state index contributed by atoms with van der Waals surface area (Å²) in [5.41, 5.74) is 7.84. The minimum Gasteiger partial charge on any atom is -0.508 e. The van der Waals surface area contributed by atoms with Gasteiger partial charge in [0.2, 0.25) is 5.55 Å². The Morgan fingerprint density at radius 2 is 1.89 bits per heavy atom. The number of phenols is 1. The normalized spacial score (nSPS) is 11.8. The Hall–Kier alpha value is -3.08. The summed E-state index contributed by atoms with van der Waals surface area (Å²) in [6.07, 6.45) is 5.26. The molecule has 27 heavy (non-hydrogen) atoms. The number of rotatable bonds is 7. The Morgan fingerprint density at radius 3 is 2.59 bits per heavy atom. The molecule has 0 fully saturated rings. The highest BCUT2D eigenvalue weighted by atomic mass is 16.3. The number of primary amides is 1. The highest BCUT2D eigenvalue weighted by Gasteiger charge is 2.12. The fourth-order valence-electron chi connectivity index (χ4n) is 3.03. The molecule has 0 radical (unpaired) electrons. The van der Waals surface area contributed by atoms with E-state index >= 15 is 0 Å². The van der Waals surface area contributed by atoms with E-state index < -0.39 is 5.91 Å². The predicted octanol–water partition coefficient (Wildman–Crippen LogP) is 4.59. The van der Waals surface area contributed by atoms with Crippen LogP contribution in [0.1, 0.15) is 48.5 Å². The third-order valence-corrected chi connectivity index (χ3v) is 4.50. The molecule has 3 N–H and O–H groups in total. The molecular weight excluding hydrogens is 340 g/mol. The molecule has 2 aromatic carbocycles. The Balaban J connectivity index is 2.05. The second kappa shape index (κ2) is 8.54. The van der Waals surface area contributed by atoms with E-state index in [1.54, 1.807) is 24.3 Å². The van der Waals surface area contributed by atoms with Crippen molar-refractivity contribution in [2.24, 2.45) is 10.7 Å². The first-order valence-corrected chi connectivity index (χ1v) is 9.28. The van der Waals surface area contributed by atoms with Gasteiger partial charge in [0.25, 0.3) is 5.91 Å². The molecule has 0 aliphatic heterocycles. The summed E-state index contributed by atoms with van der Waals surface area (Å²) in [5, 5.41) is 11.1. The Bertz CT molecular complexity index is 1010. The van der Waals surface area contributed by atoms with Crippen LogP contribution in [0.4, 0.5) is 5.69 Å². The molecule has 1 heterocycles. The lowest BCUT2D eigenvalue weighted by molar-refractivity contribution is 0.0996. The summed E-state index contributed by atoms with van der Waals surface area (Å²) < 4.78 is 5.81. The number of nitrogens with two attached hydrogens (primary N) is 1. The van der Waals surface area contributed by atoms with Crippen molar-refractivity contribution in [2.75, 3.05) is 0 Å². The van der Waals surface area contributed by atoms with E-state index in [1.165, 1.54) is 6.42 Å². The molecule has 0 spiro atoms. The molecule has 3 rings (SSSR count). The van der Waals surface area contributed by atoms with Gasteiger partial charge >= 0.3 is 0 Å². The van der Waals surface area contributed by atoms with Crippen LogP contribution in [0.2, 0.25) is 0 Å². The number of para-hydroxylation sites is 1. The van der Waals surface area contributed by atoms with E-state index in [-0.39, 0.29) is 16.9 Å². The molecule has 140 valence electrons. The number of fused-ring (bicyclic) bond motifs is 1. The highest BCUT2D eigenvalue weighted by Crippen LogP contribution is 2.26. The number of benzene rings is 2. The van der Waals surface area contributed by atoms with Crippen LogP contribution in [0.3, 0.4) is 0 Å². The molecule has 5 heteroatoms. The minimum atomic E-state index is -0.604. The maximum absolute atomic E-state index is 11.9. The molecule has 0 saturated carbocycles. The fraction of sp³-hybridized carbons (Fsp3) is 0.273. The number of aromatic hydroxyl groups is 1. The molecule has 0 aliphatic carbocycles. The number of nitrogens with zero attached hydrogens (tertiary/aromatic N) is 1. The van der Waals surface area contributed by atoms with E-state index in [0.29, 0.717) is 11.3 Å². The fourth-order valence-corrected chi connectivity index (χ4v) is 3.03. The van der Waals surface area contributed by atoms with Crippen LogP contribution in [0.15, 0.2) is 57.9 Å². The minimum absolute atomic E-state index is 0.135. The first-order chi connectivity index (χ1) is 13.1. The molecule has 0 unspecified atom stereocenters. The maximum Gasteiger partial charge on any atom is 0.254 e. The SMILES string of the molecule is CCCCCCc1cc2cc(C(N)=O)c(=Nc3ccccc3)oc2cc1O. The summed E-state index contributed by atoms with van der Waals surface area (Å²) in [6, 6.07) is 14.3. The molecule has 1 aromatic heterocycles. The Kier molecular flexibility index (Phi) is 5.91. The van der Waals surface area contributed by atoms with Crippen LogP contribution >= 0.6 is 0 Å². The van der Waals surface area contributed by atoms with Crippen molar-refractivity contribution < 1.29 is 14.3 Å². The van der Waals surface area contributed by atoms with Gasteiger partial charge in [-0.3, -0.25) is 4.79 Å². The van der Waals surface area contributed by atoms with Gasteiger partial charge in [-0.1, -0.05) is 44.4 Å². The number of amides is 1. The number of hydrogen-bond donors (Lipinski definition) is 2. The van der Waals surface area contributed by atoms with Gasteiger partial charge in [0, 0.05) is 11.5 Å². The van der Waals surface area contributed by atoms with Gasteiger partial charge in [-0.25, -0.2) is 4.99 Å². The van der Waals surface area contributed by atoms with E-state index in [9.17, 15) is 9.90 Å². The summed E-state index contributed by atoms with van der Waals surface area (Å²) in [4.78, 5) is 16.3. The number of aryl methyl sites for hydroxylation is 1. The molecule has 0 saturated heterocycles. The molecule has 1 amide bonds. The van der Waals surface area contributed by atoms with E-state index in [1.807, 2.05) is 24.3 Å². The van der Waals surface area contributed by atoms with Gasteiger partial charge in [-0.05, 0) is 42.7 Å².